The Labute approximate surface area is 143 Å². The van der Waals surface area contributed by atoms with Crippen LogP contribution in [0.5, 0.6) is 5.75 Å². The lowest BCUT2D eigenvalue weighted by Crippen LogP contribution is -2.46. The van der Waals surface area contributed by atoms with Crippen LogP contribution in [0.25, 0.3) is 0 Å². The fourth-order valence-corrected chi connectivity index (χ4v) is 2.21. The fraction of sp³-hybridized carbons (Fsp3) is 0.188. The molecule has 130 valence electrons. The van der Waals surface area contributed by atoms with Gasteiger partial charge < -0.3 is 15.8 Å². The summed E-state index contributed by atoms with van der Waals surface area (Å²) in [5.74, 6) is -1.00. The maximum atomic E-state index is 12.2. The molecule has 1 aromatic carbocycles. The van der Waals surface area contributed by atoms with E-state index in [-0.39, 0.29) is 17.8 Å². The lowest BCUT2D eigenvalue weighted by molar-refractivity contribution is -0.384. The van der Waals surface area contributed by atoms with E-state index in [1.165, 1.54) is 37.6 Å². The predicted molar refractivity (Wildman–Crippen MR) is 88.0 cm³/mol. The average molecular weight is 344 g/mol. The third-order valence-corrected chi connectivity index (χ3v) is 3.45. The number of hydrogen-bond acceptors (Lipinski definition) is 6. The number of amides is 2. The Morgan fingerprint density at radius 1 is 1.36 bits per heavy atom. The molecule has 0 bridgehead atoms. The van der Waals surface area contributed by atoms with Gasteiger partial charge in [0, 0.05) is 30.3 Å². The third-order valence-electron chi connectivity index (χ3n) is 3.45. The summed E-state index contributed by atoms with van der Waals surface area (Å²) >= 11 is 0. The number of methoxy groups -OCH3 is 1. The SMILES string of the molecule is COc1ccc([N+](=O)[O-])cc1C[C@H](NC(=O)c1ccccn1)C(N)=O. The molecular weight excluding hydrogens is 328 g/mol. The van der Waals surface area contributed by atoms with E-state index >= 15 is 0 Å². The lowest BCUT2D eigenvalue weighted by atomic mass is 10.0. The minimum Gasteiger partial charge on any atom is -0.496 e. The van der Waals surface area contributed by atoms with Crippen molar-refractivity contribution in [3.05, 3.63) is 64.0 Å². The van der Waals surface area contributed by atoms with Gasteiger partial charge in [0.15, 0.2) is 0 Å². The number of aromatic nitrogens is 1. The number of carbonyl (C=O) groups excluding carboxylic acids is 2. The van der Waals surface area contributed by atoms with Crippen molar-refractivity contribution in [3.63, 3.8) is 0 Å². The van der Waals surface area contributed by atoms with E-state index in [0.717, 1.165) is 0 Å². The van der Waals surface area contributed by atoms with Gasteiger partial charge >= 0.3 is 0 Å². The molecule has 0 saturated carbocycles. The molecule has 0 radical (unpaired) electrons. The number of nitrogens with two attached hydrogens (primary N) is 1. The van der Waals surface area contributed by atoms with Crippen LogP contribution >= 0.6 is 0 Å². The van der Waals surface area contributed by atoms with Crippen LogP contribution in [-0.2, 0) is 11.2 Å². The van der Waals surface area contributed by atoms with E-state index < -0.39 is 22.8 Å². The average Bonchev–Trinajstić information content (AvgIpc) is 2.61. The zero-order chi connectivity index (χ0) is 18.4. The van der Waals surface area contributed by atoms with Crippen molar-refractivity contribution in [1.82, 2.24) is 10.3 Å². The number of ether oxygens (including phenoxy) is 1. The lowest BCUT2D eigenvalue weighted by Gasteiger charge is -2.17. The molecule has 0 aliphatic carbocycles. The van der Waals surface area contributed by atoms with Crippen LogP contribution in [0.1, 0.15) is 16.1 Å². The molecule has 0 saturated heterocycles. The van der Waals surface area contributed by atoms with Crippen LogP contribution in [0, 0.1) is 10.1 Å². The number of nitro benzene ring substituents is 1. The van der Waals surface area contributed by atoms with Crippen molar-refractivity contribution >= 4 is 17.5 Å². The van der Waals surface area contributed by atoms with Crippen molar-refractivity contribution in [2.45, 2.75) is 12.5 Å². The van der Waals surface area contributed by atoms with Gasteiger partial charge in [-0.1, -0.05) is 6.07 Å². The van der Waals surface area contributed by atoms with Gasteiger partial charge in [0.25, 0.3) is 11.6 Å². The summed E-state index contributed by atoms with van der Waals surface area (Å²) in [6.45, 7) is 0. The molecule has 3 N–H and O–H groups in total. The first-order valence-corrected chi connectivity index (χ1v) is 7.25. The number of rotatable bonds is 7. The molecule has 25 heavy (non-hydrogen) atoms. The third kappa shape index (κ3) is 4.50. The van der Waals surface area contributed by atoms with Crippen molar-refractivity contribution < 1.29 is 19.2 Å². The van der Waals surface area contributed by atoms with E-state index in [2.05, 4.69) is 10.3 Å². The maximum Gasteiger partial charge on any atom is 0.270 e. The summed E-state index contributed by atoms with van der Waals surface area (Å²) < 4.78 is 5.15. The molecule has 1 heterocycles. The van der Waals surface area contributed by atoms with Crippen molar-refractivity contribution in [2.75, 3.05) is 7.11 Å². The number of nitrogens with zero attached hydrogens (tertiary/aromatic N) is 2. The van der Waals surface area contributed by atoms with Crippen LogP contribution in [0.4, 0.5) is 5.69 Å². The summed E-state index contributed by atoms with van der Waals surface area (Å²) in [6, 6.07) is 7.68. The Morgan fingerprint density at radius 3 is 2.68 bits per heavy atom. The number of benzene rings is 1. The second-order valence-corrected chi connectivity index (χ2v) is 5.10. The molecule has 0 spiro atoms. The Hall–Kier alpha value is -3.49. The molecule has 2 rings (SSSR count). The van der Waals surface area contributed by atoms with Gasteiger partial charge in [0.1, 0.15) is 17.5 Å². The number of primary amides is 1. The zero-order valence-electron chi connectivity index (χ0n) is 13.3. The monoisotopic (exact) mass is 344 g/mol. The summed E-state index contributed by atoms with van der Waals surface area (Å²) in [7, 11) is 1.40. The summed E-state index contributed by atoms with van der Waals surface area (Å²) in [5, 5.41) is 13.4. The van der Waals surface area contributed by atoms with Crippen molar-refractivity contribution in [3.8, 4) is 5.75 Å². The quantitative estimate of drug-likeness (QED) is 0.563. The van der Waals surface area contributed by atoms with Crippen LogP contribution in [0.2, 0.25) is 0 Å². The number of hydrogen-bond donors (Lipinski definition) is 2. The Kier molecular flexibility index (Phi) is 5.62. The van der Waals surface area contributed by atoms with Gasteiger partial charge in [0.05, 0.1) is 12.0 Å². The van der Waals surface area contributed by atoms with Crippen LogP contribution in [0.3, 0.4) is 0 Å². The minimum absolute atomic E-state index is 0.0568. The summed E-state index contributed by atoms with van der Waals surface area (Å²) in [5.41, 5.74) is 5.70. The Bertz CT molecular complexity index is 794. The Balaban J connectivity index is 2.24. The van der Waals surface area contributed by atoms with Gasteiger partial charge in [-0.2, -0.15) is 0 Å². The zero-order valence-corrected chi connectivity index (χ0v) is 13.3. The van der Waals surface area contributed by atoms with Crippen molar-refractivity contribution in [1.29, 1.82) is 0 Å². The van der Waals surface area contributed by atoms with E-state index in [1.807, 2.05) is 0 Å². The number of non-ortho nitro benzene ring substituents is 1. The molecule has 2 amide bonds. The summed E-state index contributed by atoms with van der Waals surface area (Å²) in [6.07, 6.45) is 1.39. The topological polar surface area (TPSA) is 137 Å². The van der Waals surface area contributed by atoms with Gasteiger partial charge in [-0.3, -0.25) is 24.7 Å². The normalized spacial score (nSPS) is 11.4. The van der Waals surface area contributed by atoms with Crippen LogP contribution in [0.15, 0.2) is 42.6 Å². The molecule has 0 unspecified atom stereocenters. The summed E-state index contributed by atoms with van der Waals surface area (Å²) in [4.78, 5) is 38.1. The molecule has 9 nitrogen and oxygen atoms in total. The first kappa shape index (κ1) is 17.9. The van der Waals surface area contributed by atoms with E-state index in [4.69, 9.17) is 10.5 Å². The highest BCUT2D eigenvalue weighted by molar-refractivity contribution is 5.95. The van der Waals surface area contributed by atoms with Gasteiger partial charge in [-0.25, -0.2) is 0 Å². The highest BCUT2D eigenvalue weighted by atomic mass is 16.6. The number of carbonyl (C=O) groups is 2. The second kappa shape index (κ2) is 7.86. The molecule has 0 aliphatic heterocycles. The highest BCUT2D eigenvalue weighted by Gasteiger charge is 2.23. The standard InChI is InChI=1S/C16H16N4O5/c1-25-14-6-5-11(20(23)24)8-10(14)9-13(15(17)21)19-16(22)12-4-2-3-7-18-12/h2-8,13H,9H2,1H3,(H2,17,21)(H,19,22)/t13-/m0/s1. The molecule has 0 fully saturated rings. The molecule has 1 atom stereocenters. The van der Waals surface area contributed by atoms with Crippen LogP contribution in [-0.4, -0.2) is 34.9 Å². The maximum absolute atomic E-state index is 12.2. The first-order valence-electron chi connectivity index (χ1n) is 7.25. The molecule has 0 aliphatic rings. The predicted octanol–water partition coefficient (Wildman–Crippen LogP) is 0.825. The Morgan fingerprint density at radius 2 is 2.12 bits per heavy atom. The van der Waals surface area contributed by atoms with Crippen molar-refractivity contribution in [2.24, 2.45) is 5.73 Å². The largest absolute Gasteiger partial charge is 0.496 e. The number of nitro groups is 1. The van der Waals surface area contributed by atoms with E-state index in [9.17, 15) is 19.7 Å². The van der Waals surface area contributed by atoms with Gasteiger partial charge in [-0.15, -0.1) is 0 Å². The highest BCUT2D eigenvalue weighted by Crippen LogP contribution is 2.25. The molecule has 2 aromatic rings. The molecule has 9 heteroatoms. The van der Waals surface area contributed by atoms with Gasteiger partial charge in [0.2, 0.25) is 5.91 Å². The smallest absolute Gasteiger partial charge is 0.270 e. The fourth-order valence-electron chi connectivity index (χ4n) is 2.21. The van der Waals surface area contributed by atoms with Gasteiger partial charge in [-0.05, 0) is 18.2 Å². The van der Waals surface area contributed by atoms with E-state index in [0.29, 0.717) is 11.3 Å². The second-order valence-electron chi connectivity index (χ2n) is 5.10. The number of pyridine rings is 1. The first-order chi connectivity index (χ1) is 11.9. The number of nitrogens with one attached hydrogen (secondary N) is 1. The van der Waals surface area contributed by atoms with E-state index in [1.54, 1.807) is 12.1 Å². The minimum atomic E-state index is -1.08. The molecular formula is C16H16N4O5. The van der Waals surface area contributed by atoms with Crippen LogP contribution < -0.4 is 15.8 Å². The molecule has 1 aromatic heterocycles.